The van der Waals surface area contributed by atoms with Crippen molar-refractivity contribution in [2.45, 2.75) is 6.04 Å². The zero-order valence-corrected chi connectivity index (χ0v) is 13.8. The van der Waals surface area contributed by atoms with Crippen LogP contribution in [0.3, 0.4) is 0 Å². The molecule has 126 valence electrons. The first-order valence-electron chi connectivity index (χ1n) is 8.10. The lowest BCUT2D eigenvalue weighted by molar-refractivity contribution is -0.136. The number of carbonyl (C=O) groups is 1. The number of para-hydroxylation sites is 1. The Morgan fingerprint density at radius 2 is 1.88 bits per heavy atom. The fourth-order valence-electron chi connectivity index (χ4n) is 2.87. The summed E-state index contributed by atoms with van der Waals surface area (Å²) in [5, 5.41) is 3.35. The fourth-order valence-corrected chi connectivity index (χ4v) is 2.87. The predicted molar refractivity (Wildman–Crippen MR) is 92.3 cm³/mol. The molecule has 1 aliphatic heterocycles. The van der Waals surface area contributed by atoms with E-state index in [0.29, 0.717) is 12.3 Å². The highest BCUT2D eigenvalue weighted by Gasteiger charge is 2.28. The predicted octanol–water partition coefficient (Wildman–Crippen LogP) is 2.25. The van der Waals surface area contributed by atoms with E-state index in [1.165, 1.54) is 0 Å². The number of nitrogens with zero attached hydrogens (tertiary/aromatic N) is 1. The summed E-state index contributed by atoms with van der Waals surface area (Å²) in [4.78, 5) is 14.5. The Balaban J connectivity index is 1.67. The molecule has 5 heteroatoms. The molecule has 1 fully saturated rings. The van der Waals surface area contributed by atoms with E-state index in [4.69, 9.17) is 9.47 Å². The van der Waals surface area contributed by atoms with Gasteiger partial charge in [-0.3, -0.25) is 4.79 Å². The maximum atomic E-state index is 12.6. The molecule has 1 saturated heterocycles. The van der Waals surface area contributed by atoms with Crippen LogP contribution in [0.25, 0.3) is 0 Å². The number of piperazine rings is 1. The van der Waals surface area contributed by atoms with Crippen LogP contribution in [-0.2, 0) is 4.79 Å². The number of nitrogens with one attached hydrogen (secondary N) is 1. The molecule has 1 heterocycles. The number of hydrogen-bond donors (Lipinski definition) is 1. The number of hydrogen-bond acceptors (Lipinski definition) is 4. The third kappa shape index (κ3) is 3.86. The highest BCUT2D eigenvalue weighted by atomic mass is 16.5. The SMILES string of the molecule is COc1ccc(C2CNCCN2C(=O)COc2ccccc2)cc1. The van der Waals surface area contributed by atoms with Gasteiger partial charge in [0.1, 0.15) is 11.5 Å². The number of ether oxygens (including phenoxy) is 2. The Morgan fingerprint density at radius 1 is 1.12 bits per heavy atom. The van der Waals surface area contributed by atoms with Gasteiger partial charge in [0.2, 0.25) is 0 Å². The summed E-state index contributed by atoms with van der Waals surface area (Å²) in [5.41, 5.74) is 1.09. The summed E-state index contributed by atoms with van der Waals surface area (Å²) in [6.45, 7) is 2.26. The first kappa shape index (κ1) is 16.3. The molecule has 1 amide bonds. The standard InChI is InChI=1S/C19H22N2O3/c1-23-16-9-7-15(8-10-16)18-13-20-11-12-21(18)19(22)14-24-17-5-3-2-4-6-17/h2-10,18,20H,11-14H2,1H3. The lowest BCUT2D eigenvalue weighted by Crippen LogP contribution is -2.50. The lowest BCUT2D eigenvalue weighted by Gasteiger charge is -2.36. The molecule has 0 aromatic heterocycles. The average Bonchev–Trinajstić information content (AvgIpc) is 2.67. The van der Waals surface area contributed by atoms with E-state index in [0.717, 1.165) is 24.4 Å². The van der Waals surface area contributed by atoms with Crippen LogP contribution in [0.5, 0.6) is 11.5 Å². The third-order valence-electron chi connectivity index (χ3n) is 4.17. The van der Waals surface area contributed by atoms with E-state index in [9.17, 15) is 4.79 Å². The van der Waals surface area contributed by atoms with Crippen molar-refractivity contribution in [3.63, 3.8) is 0 Å². The molecule has 0 spiro atoms. The third-order valence-corrected chi connectivity index (χ3v) is 4.17. The second kappa shape index (κ2) is 7.84. The highest BCUT2D eigenvalue weighted by Crippen LogP contribution is 2.24. The fraction of sp³-hybridized carbons (Fsp3) is 0.316. The molecule has 3 rings (SSSR count). The van der Waals surface area contributed by atoms with Gasteiger partial charge in [-0.25, -0.2) is 0 Å². The topological polar surface area (TPSA) is 50.8 Å². The lowest BCUT2D eigenvalue weighted by atomic mass is 10.0. The Kier molecular flexibility index (Phi) is 5.33. The van der Waals surface area contributed by atoms with Crippen molar-refractivity contribution in [2.24, 2.45) is 0 Å². The molecule has 1 unspecified atom stereocenters. The van der Waals surface area contributed by atoms with Gasteiger partial charge in [0.25, 0.3) is 5.91 Å². The minimum absolute atomic E-state index is 0.00108. The van der Waals surface area contributed by atoms with Crippen molar-refractivity contribution in [3.8, 4) is 11.5 Å². The Hall–Kier alpha value is -2.53. The van der Waals surface area contributed by atoms with Crippen LogP contribution < -0.4 is 14.8 Å². The van der Waals surface area contributed by atoms with Gasteiger partial charge in [0, 0.05) is 19.6 Å². The summed E-state index contributed by atoms with van der Waals surface area (Å²) < 4.78 is 10.8. The van der Waals surface area contributed by atoms with Crippen molar-refractivity contribution < 1.29 is 14.3 Å². The maximum Gasteiger partial charge on any atom is 0.261 e. The molecule has 5 nitrogen and oxygen atoms in total. The zero-order chi connectivity index (χ0) is 16.8. The summed E-state index contributed by atoms with van der Waals surface area (Å²) in [6.07, 6.45) is 0. The molecule has 0 radical (unpaired) electrons. The molecule has 2 aromatic rings. The van der Waals surface area contributed by atoms with Gasteiger partial charge in [-0.05, 0) is 29.8 Å². The van der Waals surface area contributed by atoms with Crippen molar-refractivity contribution in [1.29, 1.82) is 0 Å². The molecule has 24 heavy (non-hydrogen) atoms. The molecule has 2 aromatic carbocycles. The summed E-state index contributed by atoms with van der Waals surface area (Å²) in [7, 11) is 1.65. The highest BCUT2D eigenvalue weighted by molar-refractivity contribution is 5.78. The molecule has 1 N–H and O–H groups in total. The first-order chi connectivity index (χ1) is 11.8. The maximum absolute atomic E-state index is 12.6. The van der Waals surface area contributed by atoms with Crippen molar-refractivity contribution in [2.75, 3.05) is 33.4 Å². The first-order valence-corrected chi connectivity index (χ1v) is 8.10. The number of benzene rings is 2. The van der Waals surface area contributed by atoms with Gasteiger partial charge in [0.05, 0.1) is 13.2 Å². The second-order valence-corrected chi connectivity index (χ2v) is 5.68. The van der Waals surface area contributed by atoms with E-state index in [2.05, 4.69) is 5.32 Å². The Labute approximate surface area is 142 Å². The monoisotopic (exact) mass is 326 g/mol. The van der Waals surface area contributed by atoms with Crippen LogP contribution in [0, 0.1) is 0 Å². The van der Waals surface area contributed by atoms with E-state index >= 15 is 0 Å². The van der Waals surface area contributed by atoms with Crippen LogP contribution in [0.2, 0.25) is 0 Å². The summed E-state index contributed by atoms with van der Waals surface area (Å²) in [5.74, 6) is 1.52. The number of methoxy groups -OCH3 is 1. The number of amides is 1. The molecule has 0 aliphatic carbocycles. The number of carbonyl (C=O) groups excluding carboxylic acids is 1. The van der Waals surface area contributed by atoms with Crippen LogP contribution in [0.15, 0.2) is 54.6 Å². The van der Waals surface area contributed by atoms with Crippen LogP contribution in [-0.4, -0.2) is 44.2 Å². The van der Waals surface area contributed by atoms with Crippen molar-refractivity contribution in [3.05, 3.63) is 60.2 Å². The largest absolute Gasteiger partial charge is 0.497 e. The van der Waals surface area contributed by atoms with E-state index in [1.54, 1.807) is 7.11 Å². The normalized spacial score (nSPS) is 17.4. The molecule has 1 atom stereocenters. The zero-order valence-electron chi connectivity index (χ0n) is 13.8. The quantitative estimate of drug-likeness (QED) is 0.916. The van der Waals surface area contributed by atoms with Gasteiger partial charge in [0.15, 0.2) is 6.61 Å². The average molecular weight is 326 g/mol. The van der Waals surface area contributed by atoms with E-state index in [-0.39, 0.29) is 18.6 Å². The van der Waals surface area contributed by atoms with Gasteiger partial charge in [-0.2, -0.15) is 0 Å². The smallest absolute Gasteiger partial charge is 0.261 e. The molecular weight excluding hydrogens is 304 g/mol. The van der Waals surface area contributed by atoms with Gasteiger partial charge >= 0.3 is 0 Å². The van der Waals surface area contributed by atoms with Crippen LogP contribution in [0.1, 0.15) is 11.6 Å². The number of rotatable bonds is 5. The van der Waals surface area contributed by atoms with Crippen LogP contribution in [0.4, 0.5) is 0 Å². The van der Waals surface area contributed by atoms with E-state index < -0.39 is 0 Å². The molecule has 1 aliphatic rings. The summed E-state index contributed by atoms with van der Waals surface area (Å²) in [6, 6.07) is 17.3. The van der Waals surface area contributed by atoms with Crippen LogP contribution >= 0.6 is 0 Å². The Bertz CT molecular complexity index is 658. The summed E-state index contributed by atoms with van der Waals surface area (Å²) >= 11 is 0. The van der Waals surface area contributed by atoms with Gasteiger partial charge < -0.3 is 19.7 Å². The minimum Gasteiger partial charge on any atom is -0.497 e. The van der Waals surface area contributed by atoms with Gasteiger partial charge in [-0.1, -0.05) is 30.3 Å². The molecule has 0 bridgehead atoms. The van der Waals surface area contributed by atoms with Gasteiger partial charge in [-0.15, -0.1) is 0 Å². The van der Waals surface area contributed by atoms with Crippen molar-refractivity contribution >= 4 is 5.91 Å². The second-order valence-electron chi connectivity index (χ2n) is 5.68. The van der Waals surface area contributed by atoms with Crippen molar-refractivity contribution in [1.82, 2.24) is 10.2 Å². The Morgan fingerprint density at radius 3 is 2.58 bits per heavy atom. The minimum atomic E-state index is 0.00108. The molecule has 0 saturated carbocycles. The van der Waals surface area contributed by atoms with E-state index in [1.807, 2.05) is 59.5 Å². The molecular formula is C19H22N2O3.